The standard InChI is InChI=1S/C27H35ClF2N4O3/c1-17-20(8-5-9-22(17)27(29,30)16-35)18(2)31-24-21-15-34(12-6-10-23(21)32-26(28)33-24)25(36)19-7-3-4-13-37-14-11-19/h5,8-9,18-19,35H,3-4,6-7,10-16H2,1-2H3,(H,31,32,33). The predicted molar refractivity (Wildman–Crippen MR) is 138 cm³/mol. The van der Waals surface area contributed by atoms with Gasteiger partial charge in [-0.1, -0.05) is 24.6 Å². The Kier molecular flexibility index (Phi) is 8.98. The van der Waals surface area contributed by atoms with Crippen LogP contribution in [0.4, 0.5) is 14.6 Å². The number of aliphatic hydroxyl groups is 1. The van der Waals surface area contributed by atoms with Crippen LogP contribution in [-0.2, 0) is 28.4 Å². The summed E-state index contributed by atoms with van der Waals surface area (Å²) in [7, 11) is 0. The van der Waals surface area contributed by atoms with Gasteiger partial charge in [-0.3, -0.25) is 4.79 Å². The molecule has 2 aliphatic heterocycles. The molecule has 37 heavy (non-hydrogen) atoms. The lowest BCUT2D eigenvalue weighted by molar-refractivity contribution is -0.137. The fraction of sp³-hybridized carbons (Fsp3) is 0.593. The van der Waals surface area contributed by atoms with E-state index in [9.17, 15) is 18.7 Å². The molecule has 2 unspecified atom stereocenters. The van der Waals surface area contributed by atoms with Gasteiger partial charge in [0.05, 0.1) is 18.3 Å². The maximum absolute atomic E-state index is 14.3. The van der Waals surface area contributed by atoms with Crippen molar-refractivity contribution in [2.24, 2.45) is 5.92 Å². The summed E-state index contributed by atoms with van der Waals surface area (Å²) in [4.78, 5) is 24.3. The lowest BCUT2D eigenvalue weighted by Gasteiger charge is -2.28. The van der Waals surface area contributed by atoms with Crippen LogP contribution < -0.4 is 5.32 Å². The second kappa shape index (κ2) is 12.0. The Bertz CT molecular complexity index is 1110. The van der Waals surface area contributed by atoms with Crippen LogP contribution in [0.5, 0.6) is 0 Å². The summed E-state index contributed by atoms with van der Waals surface area (Å²) >= 11 is 6.27. The number of aliphatic hydroxyl groups excluding tert-OH is 1. The third kappa shape index (κ3) is 6.38. The number of hydrogen-bond acceptors (Lipinski definition) is 6. The van der Waals surface area contributed by atoms with E-state index in [4.69, 9.17) is 16.3 Å². The highest BCUT2D eigenvalue weighted by molar-refractivity contribution is 6.28. The molecule has 2 atom stereocenters. The Morgan fingerprint density at radius 1 is 1.27 bits per heavy atom. The van der Waals surface area contributed by atoms with E-state index in [0.717, 1.165) is 50.0 Å². The first kappa shape index (κ1) is 27.7. The number of aryl methyl sites for hydroxylation is 1. The van der Waals surface area contributed by atoms with Gasteiger partial charge in [-0.05, 0) is 68.7 Å². The fourth-order valence-corrected chi connectivity index (χ4v) is 5.53. The molecule has 202 valence electrons. The van der Waals surface area contributed by atoms with Gasteiger partial charge >= 0.3 is 0 Å². The first-order valence-corrected chi connectivity index (χ1v) is 13.4. The number of amides is 1. The summed E-state index contributed by atoms with van der Waals surface area (Å²) in [6, 6.07) is 4.28. The van der Waals surface area contributed by atoms with E-state index in [2.05, 4.69) is 15.3 Å². The first-order chi connectivity index (χ1) is 17.7. The summed E-state index contributed by atoms with van der Waals surface area (Å²) in [5, 5.41) is 12.6. The van der Waals surface area contributed by atoms with Crippen LogP contribution in [0.2, 0.25) is 5.28 Å². The number of benzene rings is 1. The van der Waals surface area contributed by atoms with E-state index in [1.807, 2.05) is 11.8 Å². The number of halogens is 3. The second-order valence-corrected chi connectivity index (χ2v) is 10.3. The molecule has 0 saturated carbocycles. The van der Waals surface area contributed by atoms with Crippen molar-refractivity contribution in [1.29, 1.82) is 0 Å². The number of rotatable bonds is 6. The van der Waals surface area contributed by atoms with Crippen LogP contribution in [0.3, 0.4) is 0 Å². The fourth-order valence-electron chi connectivity index (χ4n) is 5.35. The van der Waals surface area contributed by atoms with E-state index in [1.54, 1.807) is 19.1 Å². The summed E-state index contributed by atoms with van der Waals surface area (Å²) in [5.74, 6) is -2.77. The maximum atomic E-state index is 14.3. The van der Waals surface area contributed by atoms with Crippen LogP contribution in [0.25, 0.3) is 0 Å². The topological polar surface area (TPSA) is 87.6 Å². The molecule has 2 aromatic rings. The Hall–Kier alpha value is -2.36. The molecular weight excluding hydrogens is 502 g/mol. The Labute approximate surface area is 221 Å². The number of fused-ring (bicyclic) bond motifs is 1. The molecule has 1 fully saturated rings. The SMILES string of the molecule is Cc1c(C(C)Nc2nc(Cl)nc3c2CN(C(=O)C2CCCCOCC2)CCC3)cccc1C(F)(F)CO. The highest BCUT2D eigenvalue weighted by atomic mass is 35.5. The molecule has 3 heterocycles. The van der Waals surface area contributed by atoms with Gasteiger partial charge in [0.25, 0.3) is 5.92 Å². The minimum Gasteiger partial charge on any atom is -0.390 e. The average molecular weight is 537 g/mol. The number of alkyl halides is 2. The summed E-state index contributed by atoms with van der Waals surface area (Å²) < 4.78 is 34.2. The molecule has 1 aromatic heterocycles. The molecule has 7 nitrogen and oxygen atoms in total. The highest BCUT2D eigenvalue weighted by Crippen LogP contribution is 2.35. The van der Waals surface area contributed by atoms with Crippen molar-refractivity contribution < 1.29 is 23.4 Å². The minimum absolute atomic E-state index is 0.0658. The number of nitrogens with zero attached hydrogens (tertiary/aromatic N) is 3. The third-order valence-corrected chi connectivity index (χ3v) is 7.58. The normalized spacial score (nSPS) is 19.8. The number of anilines is 1. The summed E-state index contributed by atoms with van der Waals surface area (Å²) in [6.45, 7) is 4.56. The van der Waals surface area contributed by atoms with Crippen molar-refractivity contribution in [3.05, 3.63) is 51.4 Å². The molecule has 0 aliphatic carbocycles. The van der Waals surface area contributed by atoms with Crippen molar-refractivity contribution in [1.82, 2.24) is 14.9 Å². The van der Waals surface area contributed by atoms with E-state index >= 15 is 0 Å². The van der Waals surface area contributed by atoms with Gasteiger partial charge in [-0.2, -0.15) is 8.78 Å². The number of ether oxygens (including phenoxy) is 1. The summed E-state index contributed by atoms with van der Waals surface area (Å²) in [6.07, 6.45) is 4.94. The zero-order chi connectivity index (χ0) is 26.6. The number of carbonyl (C=O) groups is 1. The molecule has 1 aromatic carbocycles. The molecule has 0 spiro atoms. The van der Waals surface area contributed by atoms with Crippen molar-refractivity contribution in [2.75, 3.05) is 31.7 Å². The van der Waals surface area contributed by atoms with Crippen LogP contribution in [0.15, 0.2) is 18.2 Å². The van der Waals surface area contributed by atoms with Crippen LogP contribution in [-0.4, -0.2) is 52.2 Å². The van der Waals surface area contributed by atoms with E-state index in [-0.39, 0.29) is 28.7 Å². The summed E-state index contributed by atoms with van der Waals surface area (Å²) in [5.41, 5.74) is 2.45. The maximum Gasteiger partial charge on any atom is 0.296 e. The Morgan fingerprint density at radius 2 is 2.08 bits per heavy atom. The predicted octanol–water partition coefficient (Wildman–Crippen LogP) is 5.18. The van der Waals surface area contributed by atoms with E-state index in [1.165, 1.54) is 6.07 Å². The number of carbonyl (C=O) groups excluding carboxylic acids is 1. The lowest BCUT2D eigenvalue weighted by Crippen LogP contribution is -2.37. The van der Waals surface area contributed by atoms with Crippen molar-refractivity contribution >= 4 is 23.3 Å². The van der Waals surface area contributed by atoms with Gasteiger partial charge in [0.15, 0.2) is 0 Å². The molecule has 10 heteroatoms. The van der Waals surface area contributed by atoms with Crippen LogP contribution in [0, 0.1) is 12.8 Å². The number of aromatic nitrogens is 2. The monoisotopic (exact) mass is 536 g/mol. The van der Waals surface area contributed by atoms with E-state index < -0.39 is 12.5 Å². The van der Waals surface area contributed by atoms with Gasteiger partial charge in [0, 0.05) is 36.8 Å². The minimum atomic E-state index is -3.34. The van der Waals surface area contributed by atoms with Gasteiger partial charge in [0.1, 0.15) is 12.4 Å². The second-order valence-electron chi connectivity index (χ2n) is 9.97. The Morgan fingerprint density at radius 3 is 2.86 bits per heavy atom. The Balaban J connectivity index is 1.60. The zero-order valence-electron chi connectivity index (χ0n) is 21.4. The molecule has 2 N–H and O–H groups in total. The third-order valence-electron chi connectivity index (χ3n) is 7.41. The quantitative estimate of drug-likeness (QED) is 0.495. The van der Waals surface area contributed by atoms with Crippen molar-refractivity contribution in [2.45, 2.75) is 70.9 Å². The number of hydrogen-bond donors (Lipinski definition) is 2. The van der Waals surface area contributed by atoms with Gasteiger partial charge in [-0.25, -0.2) is 9.97 Å². The molecule has 0 radical (unpaired) electrons. The number of nitrogens with one attached hydrogen (secondary N) is 1. The van der Waals surface area contributed by atoms with Gasteiger partial charge in [0.2, 0.25) is 11.2 Å². The molecule has 4 rings (SSSR count). The molecule has 1 amide bonds. The lowest BCUT2D eigenvalue weighted by atomic mass is 9.94. The van der Waals surface area contributed by atoms with Crippen LogP contribution >= 0.6 is 11.6 Å². The van der Waals surface area contributed by atoms with Crippen molar-refractivity contribution in [3.63, 3.8) is 0 Å². The zero-order valence-corrected chi connectivity index (χ0v) is 22.2. The molecule has 0 bridgehead atoms. The van der Waals surface area contributed by atoms with Crippen molar-refractivity contribution in [3.8, 4) is 0 Å². The highest BCUT2D eigenvalue weighted by Gasteiger charge is 2.34. The first-order valence-electron chi connectivity index (χ1n) is 13.0. The molecule has 2 aliphatic rings. The van der Waals surface area contributed by atoms with Crippen LogP contribution in [0.1, 0.15) is 73.0 Å². The van der Waals surface area contributed by atoms with Gasteiger partial charge < -0.3 is 20.1 Å². The molecule has 1 saturated heterocycles. The van der Waals surface area contributed by atoms with Gasteiger partial charge in [-0.15, -0.1) is 0 Å². The average Bonchev–Trinajstić information content (AvgIpc) is 3.06. The smallest absolute Gasteiger partial charge is 0.296 e. The largest absolute Gasteiger partial charge is 0.390 e. The van der Waals surface area contributed by atoms with E-state index in [0.29, 0.717) is 43.1 Å². The molecular formula is C27H35ClF2N4O3.